The molecule has 0 heterocycles. The van der Waals surface area contributed by atoms with Crippen molar-refractivity contribution in [3.05, 3.63) is 65.2 Å². The molecule has 4 heteroatoms. The van der Waals surface area contributed by atoms with Crippen LogP contribution in [0, 0.1) is 11.6 Å². The van der Waals surface area contributed by atoms with Gasteiger partial charge in [-0.15, -0.1) is 0 Å². The third-order valence-corrected chi connectivity index (χ3v) is 3.06. The summed E-state index contributed by atoms with van der Waals surface area (Å²) in [7, 11) is 1.77. The van der Waals surface area contributed by atoms with Gasteiger partial charge < -0.3 is 10.6 Å². The molecular weight excluding hydrogens is 246 g/mol. The van der Waals surface area contributed by atoms with E-state index in [1.165, 1.54) is 18.2 Å². The lowest BCUT2D eigenvalue weighted by atomic mass is 10.1. The molecule has 0 atom stereocenters. The highest BCUT2D eigenvalue weighted by Crippen LogP contribution is 2.21. The number of anilines is 1. The van der Waals surface area contributed by atoms with Crippen LogP contribution in [-0.2, 0) is 13.1 Å². The van der Waals surface area contributed by atoms with E-state index in [4.69, 9.17) is 5.73 Å². The maximum absolute atomic E-state index is 13.7. The molecule has 0 amide bonds. The molecule has 0 aliphatic carbocycles. The molecule has 0 spiro atoms. The summed E-state index contributed by atoms with van der Waals surface area (Å²) in [5.74, 6) is -0.607. The molecule has 0 aliphatic rings. The van der Waals surface area contributed by atoms with Crippen LogP contribution in [0.25, 0.3) is 0 Å². The molecule has 2 N–H and O–H groups in total. The van der Waals surface area contributed by atoms with Crippen molar-refractivity contribution in [3.8, 4) is 0 Å². The van der Waals surface area contributed by atoms with Crippen molar-refractivity contribution in [3.63, 3.8) is 0 Å². The van der Waals surface area contributed by atoms with Crippen LogP contribution < -0.4 is 10.6 Å². The lowest BCUT2D eigenvalue weighted by molar-refractivity contribution is 0.618. The first-order valence-corrected chi connectivity index (χ1v) is 6.05. The van der Waals surface area contributed by atoms with Gasteiger partial charge in [0, 0.05) is 20.1 Å². The predicted molar refractivity (Wildman–Crippen MR) is 72.8 cm³/mol. The lowest BCUT2D eigenvalue weighted by Crippen LogP contribution is -2.19. The van der Waals surface area contributed by atoms with Gasteiger partial charge in [-0.1, -0.05) is 18.2 Å². The fraction of sp³-hybridized carbons (Fsp3) is 0.200. The molecule has 0 unspecified atom stereocenters. The third-order valence-electron chi connectivity index (χ3n) is 3.06. The number of hydrogen-bond acceptors (Lipinski definition) is 2. The van der Waals surface area contributed by atoms with E-state index in [2.05, 4.69) is 0 Å². The molecule has 0 saturated carbocycles. The molecule has 0 aliphatic heterocycles. The van der Waals surface area contributed by atoms with Crippen LogP contribution in [0.15, 0.2) is 42.5 Å². The first kappa shape index (κ1) is 13.5. The summed E-state index contributed by atoms with van der Waals surface area (Å²) in [4.78, 5) is 1.74. The first-order valence-electron chi connectivity index (χ1n) is 6.05. The van der Waals surface area contributed by atoms with Gasteiger partial charge >= 0.3 is 0 Å². The summed E-state index contributed by atoms with van der Waals surface area (Å²) in [6, 6.07) is 11.0. The average molecular weight is 262 g/mol. The molecule has 19 heavy (non-hydrogen) atoms. The Bertz CT molecular complexity index is 570. The highest BCUT2D eigenvalue weighted by atomic mass is 19.1. The summed E-state index contributed by atoms with van der Waals surface area (Å²) in [6.45, 7) is 0.742. The highest BCUT2D eigenvalue weighted by molar-refractivity contribution is 5.48. The van der Waals surface area contributed by atoms with Crippen LogP contribution in [0.5, 0.6) is 0 Å². The fourth-order valence-corrected chi connectivity index (χ4v) is 2.04. The number of benzene rings is 2. The van der Waals surface area contributed by atoms with E-state index in [1.54, 1.807) is 36.2 Å². The number of rotatable bonds is 4. The molecule has 0 bridgehead atoms. The van der Waals surface area contributed by atoms with Crippen LogP contribution in [0.3, 0.4) is 0 Å². The third kappa shape index (κ3) is 3.09. The number of halogens is 2. The Hall–Kier alpha value is -1.94. The van der Waals surface area contributed by atoms with Crippen LogP contribution >= 0.6 is 0 Å². The molecule has 2 aromatic carbocycles. The number of para-hydroxylation sites is 1. The van der Waals surface area contributed by atoms with E-state index in [0.717, 1.165) is 11.1 Å². The van der Waals surface area contributed by atoms with Gasteiger partial charge in [0.15, 0.2) is 0 Å². The molecule has 2 rings (SSSR count). The number of nitrogens with two attached hydrogens (primary N) is 1. The highest BCUT2D eigenvalue weighted by Gasteiger charge is 2.10. The minimum absolute atomic E-state index is 0.296. The number of hydrogen-bond donors (Lipinski definition) is 1. The molecular formula is C15H16F2N2. The monoisotopic (exact) mass is 262 g/mol. The van der Waals surface area contributed by atoms with Gasteiger partial charge in [0.25, 0.3) is 0 Å². The SMILES string of the molecule is CN(Cc1cc(F)ccc1CN)c1ccccc1F. The second kappa shape index (κ2) is 5.80. The predicted octanol–water partition coefficient (Wildman–Crippen LogP) is 3.06. The van der Waals surface area contributed by atoms with Gasteiger partial charge in [-0.2, -0.15) is 0 Å². The topological polar surface area (TPSA) is 29.3 Å². The van der Waals surface area contributed by atoms with E-state index in [1.807, 2.05) is 0 Å². The van der Waals surface area contributed by atoms with Gasteiger partial charge in [0.1, 0.15) is 11.6 Å². The van der Waals surface area contributed by atoms with Crippen molar-refractivity contribution in [2.45, 2.75) is 13.1 Å². The maximum atomic E-state index is 13.7. The first-order chi connectivity index (χ1) is 9.11. The molecule has 0 fully saturated rings. The second-order valence-corrected chi connectivity index (χ2v) is 4.42. The Labute approximate surface area is 111 Å². The standard InChI is InChI=1S/C15H16F2N2/c1-19(15-5-3-2-4-14(15)17)10-12-8-13(16)7-6-11(12)9-18/h2-8H,9-10,18H2,1H3. The summed E-state index contributed by atoms with van der Waals surface area (Å²) in [5.41, 5.74) is 7.75. The van der Waals surface area contributed by atoms with Crippen molar-refractivity contribution in [1.82, 2.24) is 0 Å². The zero-order chi connectivity index (χ0) is 13.8. The average Bonchev–Trinajstić information content (AvgIpc) is 2.39. The van der Waals surface area contributed by atoms with Gasteiger partial charge in [-0.3, -0.25) is 0 Å². The van der Waals surface area contributed by atoms with Crippen LogP contribution in [0.2, 0.25) is 0 Å². The minimum Gasteiger partial charge on any atom is -0.368 e. The largest absolute Gasteiger partial charge is 0.368 e. The Kier molecular flexibility index (Phi) is 4.12. The maximum Gasteiger partial charge on any atom is 0.146 e. The molecule has 2 aromatic rings. The Morgan fingerprint density at radius 2 is 1.79 bits per heavy atom. The summed E-state index contributed by atoms with van der Waals surface area (Å²) >= 11 is 0. The molecule has 100 valence electrons. The molecule has 0 saturated heterocycles. The Morgan fingerprint density at radius 3 is 2.47 bits per heavy atom. The minimum atomic E-state index is -0.311. The van der Waals surface area contributed by atoms with E-state index in [-0.39, 0.29) is 11.6 Å². The van der Waals surface area contributed by atoms with Crippen LogP contribution in [0.1, 0.15) is 11.1 Å². The van der Waals surface area contributed by atoms with Gasteiger partial charge in [-0.25, -0.2) is 8.78 Å². The summed E-state index contributed by atoms with van der Waals surface area (Å²) in [6.07, 6.45) is 0. The Morgan fingerprint density at radius 1 is 1.05 bits per heavy atom. The summed E-state index contributed by atoms with van der Waals surface area (Å²) in [5, 5.41) is 0. The zero-order valence-corrected chi connectivity index (χ0v) is 10.7. The number of nitrogens with zero attached hydrogens (tertiary/aromatic N) is 1. The fourth-order valence-electron chi connectivity index (χ4n) is 2.04. The van der Waals surface area contributed by atoms with Crippen LogP contribution in [-0.4, -0.2) is 7.05 Å². The zero-order valence-electron chi connectivity index (χ0n) is 10.7. The van der Waals surface area contributed by atoms with E-state index < -0.39 is 0 Å². The van der Waals surface area contributed by atoms with Crippen molar-refractivity contribution in [2.24, 2.45) is 5.73 Å². The van der Waals surface area contributed by atoms with Gasteiger partial charge in [0.2, 0.25) is 0 Å². The van der Waals surface area contributed by atoms with Crippen molar-refractivity contribution in [1.29, 1.82) is 0 Å². The van der Waals surface area contributed by atoms with Crippen LogP contribution in [0.4, 0.5) is 14.5 Å². The van der Waals surface area contributed by atoms with E-state index >= 15 is 0 Å². The molecule has 0 aromatic heterocycles. The second-order valence-electron chi connectivity index (χ2n) is 4.42. The van der Waals surface area contributed by atoms with Gasteiger partial charge in [-0.05, 0) is 35.4 Å². The molecule has 0 radical (unpaired) electrons. The smallest absolute Gasteiger partial charge is 0.146 e. The Balaban J connectivity index is 2.26. The van der Waals surface area contributed by atoms with E-state index in [9.17, 15) is 8.78 Å². The van der Waals surface area contributed by atoms with Crippen molar-refractivity contribution < 1.29 is 8.78 Å². The lowest BCUT2D eigenvalue weighted by Gasteiger charge is -2.21. The van der Waals surface area contributed by atoms with Crippen molar-refractivity contribution in [2.75, 3.05) is 11.9 Å². The van der Waals surface area contributed by atoms with Gasteiger partial charge in [0.05, 0.1) is 5.69 Å². The van der Waals surface area contributed by atoms with E-state index in [0.29, 0.717) is 18.8 Å². The molecule has 2 nitrogen and oxygen atoms in total. The normalized spacial score (nSPS) is 10.5. The van der Waals surface area contributed by atoms with Crippen molar-refractivity contribution >= 4 is 5.69 Å². The quantitative estimate of drug-likeness (QED) is 0.917. The summed E-state index contributed by atoms with van der Waals surface area (Å²) < 4.78 is 26.9.